The van der Waals surface area contributed by atoms with Crippen molar-refractivity contribution in [2.45, 2.75) is 32.4 Å². The zero-order valence-corrected chi connectivity index (χ0v) is 12.2. The first-order valence-electron chi connectivity index (χ1n) is 7.32. The third-order valence-corrected chi connectivity index (χ3v) is 3.47. The molecule has 110 valence electrons. The summed E-state index contributed by atoms with van der Waals surface area (Å²) in [6.07, 6.45) is 7.77. The number of pyridine rings is 1. The summed E-state index contributed by atoms with van der Waals surface area (Å²) in [5.41, 5.74) is 0.910. The number of rotatable bonds is 7. The predicted molar refractivity (Wildman–Crippen MR) is 81.0 cm³/mol. The molecule has 0 spiro atoms. The number of aromatic nitrogens is 5. The summed E-state index contributed by atoms with van der Waals surface area (Å²) < 4.78 is 4.00. The number of hydrogen-bond donors (Lipinski definition) is 1. The van der Waals surface area contributed by atoms with E-state index in [1.165, 1.54) is 0 Å². The number of nitrogens with one attached hydrogen (secondary N) is 1. The summed E-state index contributed by atoms with van der Waals surface area (Å²) in [4.78, 5) is 0. The van der Waals surface area contributed by atoms with Crippen LogP contribution in [-0.2, 0) is 13.0 Å². The molecule has 0 radical (unpaired) electrons. The maximum atomic E-state index is 4.24. The molecule has 0 aromatic carbocycles. The van der Waals surface area contributed by atoms with Gasteiger partial charge >= 0.3 is 0 Å². The van der Waals surface area contributed by atoms with Crippen LogP contribution in [0.25, 0.3) is 5.65 Å². The summed E-state index contributed by atoms with van der Waals surface area (Å²) in [5.74, 6) is 1.02. The third kappa shape index (κ3) is 3.46. The molecule has 0 aliphatic rings. The average Bonchev–Trinajstić information content (AvgIpc) is 3.13. The molecule has 0 aliphatic heterocycles. The molecular formula is C15H20N6. The van der Waals surface area contributed by atoms with Crippen LogP contribution in [0.4, 0.5) is 0 Å². The molecule has 0 aliphatic carbocycles. The fourth-order valence-electron chi connectivity index (χ4n) is 2.41. The van der Waals surface area contributed by atoms with Crippen molar-refractivity contribution in [3.8, 4) is 0 Å². The lowest BCUT2D eigenvalue weighted by molar-refractivity contribution is 0.447. The second-order valence-electron chi connectivity index (χ2n) is 5.23. The topological polar surface area (TPSA) is 60.0 Å². The lowest BCUT2D eigenvalue weighted by Gasteiger charge is -2.13. The van der Waals surface area contributed by atoms with E-state index >= 15 is 0 Å². The van der Waals surface area contributed by atoms with Gasteiger partial charge in [-0.1, -0.05) is 6.07 Å². The standard InChI is InChI=1S/C15H20N6/c1-13(12-20-10-5-9-17-20)16-8-4-7-15-19-18-14-6-2-3-11-21(14)15/h2-3,5-6,9-11,13,16H,4,7-8,12H2,1H3/t13-/m1/s1. The van der Waals surface area contributed by atoms with Gasteiger partial charge in [0.2, 0.25) is 0 Å². The Morgan fingerprint density at radius 3 is 3.00 bits per heavy atom. The second-order valence-corrected chi connectivity index (χ2v) is 5.23. The highest BCUT2D eigenvalue weighted by atomic mass is 15.3. The van der Waals surface area contributed by atoms with Crippen molar-refractivity contribution >= 4 is 5.65 Å². The van der Waals surface area contributed by atoms with Gasteiger partial charge in [0.15, 0.2) is 5.65 Å². The molecule has 0 amide bonds. The molecular weight excluding hydrogens is 264 g/mol. The zero-order chi connectivity index (χ0) is 14.5. The minimum absolute atomic E-state index is 0.403. The monoisotopic (exact) mass is 284 g/mol. The molecule has 6 nitrogen and oxygen atoms in total. The van der Waals surface area contributed by atoms with Gasteiger partial charge in [-0.2, -0.15) is 5.10 Å². The fourth-order valence-corrected chi connectivity index (χ4v) is 2.41. The van der Waals surface area contributed by atoms with Gasteiger partial charge in [0.25, 0.3) is 0 Å². The first-order valence-corrected chi connectivity index (χ1v) is 7.32. The van der Waals surface area contributed by atoms with E-state index < -0.39 is 0 Å². The van der Waals surface area contributed by atoms with Gasteiger partial charge in [-0.15, -0.1) is 10.2 Å². The Bertz CT molecular complexity index is 672. The maximum Gasteiger partial charge on any atom is 0.160 e. The minimum Gasteiger partial charge on any atom is -0.312 e. The fraction of sp³-hybridized carbons (Fsp3) is 0.400. The van der Waals surface area contributed by atoms with Crippen LogP contribution >= 0.6 is 0 Å². The SMILES string of the molecule is C[C@H](Cn1cccn1)NCCCc1nnc2ccccn12. The van der Waals surface area contributed by atoms with Crippen molar-refractivity contribution in [2.24, 2.45) is 0 Å². The molecule has 1 N–H and O–H groups in total. The van der Waals surface area contributed by atoms with Crippen LogP contribution in [-0.4, -0.2) is 37.0 Å². The van der Waals surface area contributed by atoms with Gasteiger partial charge in [-0.3, -0.25) is 9.08 Å². The van der Waals surface area contributed by atoms with E-state index in [1.807, 2.05) is 51.9 Å². The van der Waals surface area contributed by atoms with E-state index in [2.05, 4.69) is 27.5 Å². The van der Waals surface area contributed by atoms with E-state index in [0.717, 1.165) is 37.4 Å². The molecule has 0 saturated carbocycles. The van der Waals surface area contributed by atoms with Gasteiger partial charge in [0, 0.05) is 31.1 Å². The van der Waals surface area contributed by atoms with Gasteiger partial charge < -0.3 is 5.32 Å². The number of fused-ring (bicyclic) bond motifs is 1. The van der Waals surface area contributed by atoms with Gasteiger partial charge in [-0.25, -0.2) is 0 Å². The summed E-state index contributed by atoms with van der Waals surface area (Å²) in [6.45, 7) is 4.03. The lowest BCUT2D eigenvalue weighted by atomic mass is 10.2. The molecule has 0 fully saturated rings. The normalized spacial score (nSPS) is 12.8. The molecule has 0 unspecified atom stereocenters. The highest BCUT2D eigenvalue weighted by molar-refractivity contribution is 5.36. The zero-order valence-electron chi connectivity index (χ0n) is 12.2. The van der Waals surface area contributed by atoms with Crippen molar-refractivity contribution in [2.75, 3.05) is 6.54 Å². The van der Waals surface area contributed by atoms with Crippen LogP contribution in [0.1, 0.15) is 19.2 Å². The van der Waals surface area contributed by atoms with Crippen molar-refractivity contribution in [3.05, 3.63) is 48.7 Å². The number of hydrogen-bond acceptors (Lipinski definition) is 4. The molecule has 0 saturated heterocycles. The van der Waals surface area contributed by atoms with Crippen LogP contribution in [0.3, 0.4) is 0 Å². The average molecular weight is 284 g/mol. The summed E-state index contributed by atoms with van der Waals surface area (Å²) in [5, 5.41) is 16.1. The Hall–Kier alpha value is -2.21. The second kappa shape index (κ2) is 6.49. The Balaban J connectivity index is 1.44. The van der Waals surface area contributed by atoms with E-state index in [-0.39, 0.29) is 0 Å². The first-order chi connectivity index (χ1) is 10.3. The summed E-state index contributed by atoms with van der Waals surface area (Å²) in [7, 11) is 0. The van der Waals surface area contributed by atoms with E-state index in [4.69, 9.17) is 0 Å². The van der Waals surface area contributed by atoms with Crippen molar-refractivity contribution in [1.82, 2.24) is 29.7 Å². The molecule has 6 heteroatoms. The quantitative estimate of drug-likeness (QED) is 0.669. The summed E-state index contributed by atoms with van der Waals surface area (Å²) in [6, 6.07) is 8.31. The van der Waals surface area contributed by atoms with Crippen molar-refractivity contribution < 1.29 is 0 Å². The summed E-state index contributed by atoms with van der Waals surface area (Å²) >= 11 is 0. The molecule has 3 rings (SSSR count). The molecule has 0 bridgehead atoms. The Morgan fingerprint density at radius 1 is 1.19 bits per heavy atom. The van der Waals surface area contributed by atoms with Crippen LogP contribution in [0.15, 0.2) is 42.9 Å². The maximum absolute atomic E-state index is 4.24. The molecule has 3 aromatic heterocycles. The van der Waals surface area contributed by atoms with Crippen molar-refractivity contribution in [3.63, 3.8) is 0 Å². The van der Waals surface area contributed by atoms with E-state index in [0.29, 0.717) is 6.04 Å². The van der Waals surface area contributed by atoms with Gasteiger partial charge in [0.1, 0.15) is 5.82 Å². The molecule has 3 aromatic rings. The third-order valence-electron chi connectivity index (χ3n) is 3.47. The van der Waals surface area contributed by atoms with Gasteiger partial charge in [0.05, 0.1) is 6.54 Å². The van der Waals surface area contributed by atoms with E-state index in [1.54, 1.807) is 0 Å². The number of nitrogens with zero attached hydrogens (tertiary/aromatic N) is 5. The van der Waals surface area contributed by atoms with Crippen molar-refractivity contribution in [1.29, 1.82) is 0 Å². The Kier molecular flexibility index (Phi) is 4.25. The highest BCUT2D eigenvalue weighted by Gasteiger charge is 2.05. The minimum atomic E-state index is 0.403. The van der Waals surface area contributed by atoms with Crippen LogP contribution in [0.5, 0.6) is 0 Å². The van der Waals surface area contributed by atoms with Crippen LogP contribution < -0.4 is 5.32 Å². The highest BCUT2D eigenvalue weighted by Crippen LogP contribution is 2.04. The first kappa shape index (κ1) is 13.8. The number of aryl methyl sites for hydroxylation is 1. The smallest absolute Gasteiger partial charge is 0.160 e. The molecule has 1 atom stereocenters. The lowest BCUT2D eigenvalue weighted by Crippen LogP contribution is -2.31. The predicted octanol–water partition coefficient (Wildman–Crippen LogP) is 1.54. The van der Waals surface area contributed by atoms with Crippen LogP contribution in [0, 0.1) is 0 Å². The van der Waals surface area contributed by atoms with Crippen LogP contribution in [0.2, 0.25) is 0 Å². The molecule has 21 heavy (non-hydrogen) atoms. The van der Waals surface area contributed by atoms with E-state index in [9.17, 15) is 0 Å². The Morgan fingerprint density at radius 2 is 2.14 bits per heavy atom. The Labute approximate surface area is 123 Å². The molecule has 3 heterocycles. The largest absolute Gasteiger partial charge is 0.312 e. The van der Waals surface area contributed by atoms with Gasteiger partial charge in [-0.05, 0) is 38.1 Å².